The Hall–Kier alpha value is -1.09. The Balaban J connectivity index is 2.89. The fraction of sp³-hybridized carbons (Fsp3) is 0.182. The molecule has 74 valence electrons. The number of rotatable bonds is 3. The van der Waals surface area contributed by atoms with Gasteiger partial charge in [0.1, 0.15) is 0 Å². The highest BCUT2D eigenvalue weighted by Gasteiger charge is 2.01. The Morgan fingerprint density at radius 2 is 2.36 bits per heavy atom. The molecule has 0 aliphatic rings. The van der Waals surface area contributed by atoms with Crippen LogP contribution in [-0.4, -0.2) is 5.91 Å². The fourth-order valence-corrected chi connectivity index (χ4v) is 1.67. The van der Waals surface area contributed by atoms with E-state index in [1.54, 1.807) is 0 Å². The Morgan fingerprint density at radius 3 is 2.86 bits per heavy atom. The average molecular weight is 254 g/mol. The van der Waals surface area contributed by atoms with Crippen molar-refractivity contribution in [2.75, 3.05) is 5.32 Å². The highest BCUT2D eigenvalue weighted by atomic mass is 79.9. The minimum atomic E-state index is -0.0674. The molecule has 0 spiro atoms. The van der Waals surface area contributed by atoms with Crippen LogP contribution in [0.25, 0.3) is 0 Å². The first-order chi connectivity index (χ1) is 6.63. The normalized spacial score (nSPS) is 9.57. The molecule has 0 aliphatic heterocycles. The summed E-state index contributed by atoms with van der Waals surface area (Å²) in [5.41, 5.74) is 1.96. The largest absolute Gasteiger partial charge is 0.325 e. The van der Waals surface area contributed by atoms with Crippen molar-refractivity contribution >= 4 is 27.5 Å². The van der Waals surface area contributed by atoms with E-state index in [1.165, 1.54) is 12.5 Å². The summed E-state index contributed by atoms with van der Waals surface area (Å²) in [7, 11) is 0. The molecule has 1 aromatic carbocycles. The molecule has 0 aliphatic carbocycles. The van der Waals surface area contributed by atoms with Crippen LogP contribution in [0.2, 0.25) is 0 Å². The van der Waals surface area contributed by atoms with E-state index in [0.29, 0.717) is 0 Å². The van der Waals surface area contributed by atoms with E-state index in [-0.39, 0.29) is 5.91 Å². The van der Waals surface area contributed by atoms with Crippen LogP contribution < -0.4 is 5.32 Å². The zero-order chi connectivity index (χ0) is 10.6. The molecule has 0 unspecified atom stereocenters. The van der Waals surface area contributed by atoms with Crippen LogP contribution in [-0.2, 0) is 11.2 Å². The molecule has 3 heteroatoms. The maximum atomic E-state index is 10.8. The van der Waals surface area contributed by atoms with Gasteiger partial charge < -0.3 is 5.32 Å². The molecule has 0 bridgehead atoms. The van der Waals surface area contributed by atoms with Gasteiger partial charge in [0, 0.05) is 11.4 Å². The highest BCUT2D eigenvalue weighted by Crippen LogP contribution is 2.23. The molecule has 2 nitrogen and oxygen atoms in total. The summed E-state index contributed by atoms with van der Waals surface area (Å²) in [6.45, 7) is 5.16. The summed E-state index contributed by atoms with van der Waals surface area (Å²) >= 11 is 3.40. The second-order valence-electron chi connectivity index (χ2n) is 2.99. The van der Waals surface area contributed by atoms with Crippen LogP contribution in [0.5, 0.6) is 0 Å². The van der Waals surface area contributed by atoms with Crippen LogP contribution >= 0.6 is 15.9 Å². The lowest BCUT2D eigenvalue weighted by molar-refractivity contribution is -0.114. The number of hydrogen-bond donors (Lipinski definition) is 1. The van der Waals surface area contributed by atoms with E-state index in [2.05, 4.69) is 27.8 Å². The SMILES string of the molecule is C=CCc1ccc(NC(C)=O)c(Br)c1. The van der Waals surface area contributed by atoms with Gasteiger partial charge in [-0.15, -0.1) is 6.58 Å². The van der Waals surface area contributed by atoms with Gasteiger partial charge in [-0.1, -0.05) is 12.1 Å². The summed E-state index contributed by atoms with van der Waals surface area (Å²) in [5, 5.41) is 2.73. The number of carbonyl (C=O) groups excluding carboxylic acids is 1. The van der Waals surface area contributed by atoms with Crippen LogP contribution in [0.4, 0.5) is 5.69 Å². The minimum Gasteiger partial charge on any atom is -0.325 e. The number of anilines is 1. The molecule has 0 aromatic heterocycles. The number of carbonyl (C=O) groups is 1. The van der Waals surface area contributed by atoms with E-state index in [4.69, 9.17) is 0 Å². The molecule has 0 saturated heterocycles. The van der Waals surface area contributed by atoms with Gasteiger partial charge in [-0.25, -0.2) is 0 Å². The molecule has 1 aromatic rings. The van der Waals surface area contributed by atoms with Crippen molar-refractivity contribution in [3.8, 4) is 0 Å². The zero-order valence-corrected chi connectivity index (χ0v) is 9.60. The highest BCUT2D eigenvalue weighted by molar-refractivity contribution is 9.10. The predicted octanol–water partition coefficient (Wildman–Crippen LogP) is 3.14. The van der Waals surface area contributed by atoms with E-state index >= 15 is 0 Å². The average Bonchev–Trinajstić information content (AvgIpc) is 2.10. The summed E-state index contributed by atoms with van der Waals surface area (Å²) in [6, 6.07) is 5.83. The lowest BCUT2D eigenvalue weighted by Crippen LogP contribution is -2.06. The van der Waals surface area contributed by atoms with Gasteiger partial charge in [0.15, 0.2) is 0 Å². The number of halogens is 1. The number of allylic oxidation sites excluding steroid dienone is 1. The first-order valence-corrected chi connectivity index (χ1v) is 5.09. The maximum Gasteiger partial charge on any atom is 0.221 e. The lowest BCUT2D eigenvalue weighted by atomic mass is 10.1. The van der Waals surface area contributed by atoms with Crippen molar-refractivity contribution in [2.24, 2.45) is 0 Å². The number of nitrogens with one attached hydrogen (secondary N) is 1. The number of benzene rings is 1. The quantitative estimate of drug-likeness (QED) is 0.825. The smallest absolute Gasteiger partial charge is 0.221 e. The monoisotopic (exact) mass is 253 g/mol. The molecule has 14 heavy (non-hydrogen) atoms. The van der Waals surface area contributed by atoms with Crippen LogP contribution in [0, 0.1) is 0 Å². The van der Waals surface area contributed by atoms with Gasteiger partial charge in [0.05, 0.1) is 5.69 Å². The van der Waals surface area contributed by atoms with Crippen LogP contribution in [0.1, 0.15) is 12.5 Å². The first kappa shape index (κ1) is 11.0. The zero-order valence-electron chi connectivity index (χ0n) is 8.01. The molecule has 1 N–H and O–H groups in total. The van der Waals surface area contributed by atoms with Gasteiger partial charge in [-0.2, -0.15) is 0 Å². The topological polar surface area (TPSA) is 29.1 Å². The van der Waals surface area contributed by atoms with E-state index in [9.17, 15) is 4.79 Å². The summed E-state index contributed by atoms with van der Waals surface area (Å²) in [6.07, 6.45) is 2.68. The van der Waals surface area contributed by atoms with Crippen LogP contribution in [0.15, 0.2) is 35.3 Å². The number of hydrogen-bond acceptors (Lipinski definition) is 1. The summed E-state index contributed by atoms with van der Waals surface area (Å²) < 4.78 is 0.895. The van der Waals surface area contributed by atoms with Gasteiger partial charge in [-0.3, -0.25) is 4.79 Å². The molecule has 0 saturated carbocycles. The third-order valence-corrected chi connectivity index (χ3v) is 2.38. The second-order valence-corrected chi connectivity index (χ2v) is 3.84. The predicted molar refractivity (Wildman–Crippen MR) is 62.3 cm³/mol. The molecule has 0 atom stereocenters. The van der Waals surface area contributed by atoms with Crippen molar-refractivity contribution in [3.63, 3.8) is 0 Å². The molecule has 1 rings (SSSR count). The Bertz CT molecular complexity index is 360. The van der Waals surface area contributed by atoms with Gasteiger partial charge >= 0.3 is 0 Å². The van der Waals surface area contributed by atoms with Gasteiger partial charge in [-0.05, 0) is 40.0 Å². The van der Waals surface area contributed by atoms with Crippen molar-refractivity contribution in [1.82, 2.24) is 0 Å². The molecule has 0 heterocycles. The summed E-state index contributed by atoms with van der Waals surface area (Å²) in [5.74, 6) is -0.0674. The van der Waals surface area contributed by atoms with Gasteiger partial charge in [0.2, 0.25) is 5.91 Å². The van der Waals surface area contributed by atoms with Crippen molar-refractivity contribution in [2.45, 2.75) is 13.3 Å². The Labute approximate surface area is 92.1 Å². The molecule has 0 fully saturated rings. The summed E-state index contributed by atoms with van der Waals surface area (Å²) in [4.78, 5) is 10.8. The molecule has 0 radical (unpaired) electrons. The van der Waals surface area contributed by atoms with E-state index < -0.39 is 0 Å². The molecule has 1 amide bonds. The standard InChI is InChI=1S/C11H12BrNO/c1-3-4-9-5-6-11(10(12)7-9)13-8(2)14/h3,5-7H,1,4H2,2H3,(H,13,14). The third-order valence-electron chi connectivity index (χ3n) is 1.72. The van der Waals surface area contributed by atoms with Crippen molar-refractivity contribution < 1.29 is 4.79 Å². The second kappa shape index (κ2) is 4.96. The third kappa shape index (κ3) is 3.00. The van der Waals surface area contributed by atoms with Crippen molar-refractivity contribution in [1.29, 1.82) is 0 Å². The molecular weight excluding hydrogens is 242 g/mol. The first-order valence-electron chi connectivity index (χ1n) is 4.30. The lowest BCUT2D eigenvalue weighted by Gasteiger charge is -2.06. The number of amides is 1. The van der Waals surface area contributed by atoms with E-state index in [1.807, 2.05) is 24.3 Å². The fourth-order valence-electron chi connectivity index (χ4n) is 1.14. The van der Waals surface area contributed by atoms with E-state index in [0.717, 1.165) is 16.6 Å². The minimum absolute atomic E-state index is 0.0674. The van der Waals surface area contributed by atoms with Crippen LogP contribution in [0.3, 0.4) is 0 Å². The Morgan fingerprint density at radius 1 is 1.64 bits per heavy atom. The van der Waals surface area contributed by atoms with Crippen molar-refractivity contribution in [3.05, 3.63) is 40.9 Å². The van der Waals surface area contributed by atoms with Gasteiger partial charge in [0.25, 0.3) is 0 Å². The maximum absolute atomic E-state index is 10.8. The molecular formula is C11H12BrNO. The Kier molecular flexibility index (Phi) is 3.89.